The molecule has 4 nitrogen and oxygen atoms in total. The second-order valence-corrected chi connectivity index (χ2v) is 7.09. The van der Waals surface area contributed by atoms with Gasteiger partial charge in [-0.2, -0.15) is 0 Å². The summed E-state index contributed by atoms with van der Waals surface area (Å²) in [4.78, 5) is 13.7. The minimum absolute atomic E-state index is 0.179. The van der Waals surface area contributed by atoms with Crippen LogP contribution in [0.1, 0.15) is 47.1 Å². The SMILES string of the molecule is O=C1O[C@@H]2C[C@@]1(O)c1cc(CCC3CC3)sc1[C@H]2O. The molecule has 0 spiro atoms. The molecule has 2 heterocycles. The molecule has 1 saturated carbocycles. The molecule has 0 aromatic carbocycles. The second-order valence-electron chi connectivity index (χ2n) is 5.93. The number of aliphatic hydroxyl groups excluding tert-OH is 1. The molecule has 5 heteroatoms. The minimum atomic E-state index is -1.52. The molecule has 3 aliphatic rings. The Morgan fingerprint density at radius 2 is 2.26 bits per heavy atom. The van der Waals surface area contributed by atoms with Crippen LogP contribution in [0.4, 0.5) is 0 Å². The molecule has 1 aliphatic heterocycles. The fourth-order valence-electron chi connectivity index (χ4n) is 3.09. The molecule has 0 unspecified atom stereocenters. The number of aliphatic hydroxyl groups is 2. The lowest BCUT2D eigenvalue weighted by Crippen LogP contribution is -2.34. The van der Waals surface area contributed by atoms with E-state index in [-0.39, 0.29) is 6.42 Å². The zero-order valence-electron chi connectivity index (χ0n) is 10.5. The highest BCUT2D eigenvalue weighted by molar-refractivity contribution is 7.12. The number of carbonyl (C=O) groups excluding carboxylic acids is 1. The van der Waals surface area contributed by atoms with E-state index in [1.165, 1.54) is 30.6 Å². The third-order valence-corrected chi connectivity index (χ3v) is 5.73. The Hall–Kier alpha value is -0.910. The van der Waals surface area contributed by atoms with Gasteiger partial charge in [-0.15, -0.1) is 11.3 Å². The van der Waals surface area contributed by atoms with E-state index < -0.39 is 23.8 Å². The van der Waals surface area contributed by atoms with Crippen LogP contribution in [0.3, 0.4) is 0 Å². The summed E-state index contributed by atoms with van der Waals surface area (Å²) in [6.45, 7) is 0. The maximum absolute atomic E-state index is 11.8. The van der Waals surface area contributed by atoms with E-state index in [4.69, 9.17) is 4.74 Å². The number of esters is 1. The lowest BCUT2D eigenvalue weighted by molar-refractivity contribution is -0.156. The molecule has 1 aromatic rings. The summed E-state index contributed by atoms with van der Waals surface area (Å²) in [6, 6.07) is 1.90. The maximum Gasteiger partial charge on any atom is 0.343 e. The van der Waals surface area contributed by atoms with Crippen LogP contribution in [-0.4, -0.2) is 22.3 Å². The molecule has 0 amide bonds. The predicted molar refractivity (Wildman–Crippen MR) is 68.7 cm³/mol. The molecule has 19 heavy (non-hydrogen) atoms. The largest absolute Gasteiger partial charge is 0.457 e. The van der Waals surface area contributed by atoms with Crippen LogP contribution in [0.2, 0.25) is 0 Å². The summed E-state index contributed by atoms with van der Waals surface area (Å²) in [6.07, 6.45) is 3.62. The molecule has 2 fully saturated rings. The van der Waals surface area contributed by atoms with Gasteiger partial charge in [-0.05, 0) is 24.8 Å². The van der Waals surface area contributed by atoms with Crippen LogP contribution in [0.15, 0.2) is 6.07 Å². The molecule has 102 valence electrons. The fourth-order valence-corrected chi connectivity index (χ4v) is 4.38. The first-order chi connectivity index (χ1) is 9.08. The molecule has 3 atom stereocenters. The molecular weight excluding hydrogens is 264 g/mol. The monoisotopic (exact) mass is 280 g/mol. The average molecular weight is 280 g/mol. The van der Waals surface area contributed by atoms with Crippen LogP contribution >= 0.6 is 11.3 Å². The number of fused-ring (bicyclic) bond motifs is 4. The summed E-state index contributed by atoms with van der Waals surface area (Å²) in [5.41, 5.74) is -0.942. The standard InChI is InChI=1S/C14H16O4S/c15-11-10-6-14(17,13(16)18-10)9-5-8(19-12(9)11)4-3-7-1-2-7/h5,7,10-11,15,17H,1-4,6H2/t10-,11+,14-/m1/s1. The third kappa shape index (κ3) is 1.68. The number of aryl methyl sites for hydroxylation is 1. The topological polar surface area (TPSA) is 66.8 Å². The van der Waals surface area contributed by atoms with Crippen molar-refractivity contribution in [2.24, 2.45) is 5.92 Å². The van der Waals surface area contributed by atoms with Gasteiger partial charge in [0.1, 0.15) is 12.2 Å². The van der Waals surface area contributed by atoms with E-state index in [2.05, 4.69) is 0 Å². The summed E-state index contributed by atoms with van der Waals surface area (Å²) < 4.78 is 5.06. The Morgan fingerprint density at radius 3 is 3.00 bits per heavy atom. The third-order valence-electron chi connectivity index (χ3n) is 4.47. The van der Waals surface area contributed by atoms with Crippen LogP contribution in [0.25, 0.3) is 0 Å². The van der Waals surface area contributed by atoms with Crippen molar-refractivity contribution in [3.8, 4) is 0 Å². The van der Waals surface area contributed by atoms with E-state index in [0.29, 0.717) is 5.56 Å². The van der Waals surface area contributed by atoms with E-state index >= 15 is 0 Å². The van der Waals surface area contributed by atoms with Crippen molar-refractivity contribution in [1.82, 2.24) is 0 Å². The molecular formula is C14H16O4S. The van der Waals surface area contributed by atoms with Gasteiger partial charge in [0, 0.05) is 21.7 Å². The van der Waals surface area contributed by atoms with Gasteiger partial charge in [0.2, 0.25) is 0 Å². The van der Waals surface area contributed by atoms with Crippen LogP contribution in [0.5, 0.6) is 0 Å². The van der Waals surface area contributed by atoms with Crippen molar-refractivity contribution in [2.75, 3.05) is 0 Å². The molecule has 1 saturated heterocycles. The first-order valence-electron chi connectivity index (χ1n) is 6.82. The van der Waals surface area contributed by atoms with E-state index in [0.717, 1.165) is 22.1 Å². The lowest BCUT2D eigenvalue weighted by Gasteiger charge is -2.26. The first kappa shape index (κ1) is 11.9. The van der Waals surface area contributed by atoms with Gasteiger partial charge in [0.05, 0.1) is 0 Å². The van der Waals surface area contributed by atoms with Crippen molar-refractivity contribution >= 4 is 17.3 Å². The highest BCUT2D eigenvalue weighted by atomic mass is 32.1. The summed E-state index contributed by atoms with van der Waals surface area (Å²) >= 11 is 1.52. The van der Waals surface area contributed by atoms with E-state index in [9.17, 15) is 15.0 Å². The zero-order valence-corrected chi connectivity index (χ0v) is 11.3. The van der Waals surface area contributed by atoms with Crippen molar-refractivity contribution in [1.29, 1.82) is 0 Å². The van der Waals surface area contributed by atoms with Crippen LogP contribution in [0, 0.1) is 5.92 Å². The number of hydrogen-bond acceptors (Lipinski definition) is 5. The number of thiophene rings is 1. The Balaban J connectivity index is 1.69. The van der Waals surface area contributed by atoms with Crippen LogP contribution in [-0.2, 0) is 21.6 Å². The Morgan fingerprint density at radius 1 is 1.47 bits per heavy atom. The van der Waals surface area contributed by atoms with Crippen molar-refractivity contribution in [3.05, 3.63) is 21.4 Å². The number of rotatable bonds is 3. The molecule has 2 bridgehead atoms. The van der Waals surface area contributed by atoms with Gasteiger partial charge >= 0.3 is 5.97 Å². The summed E-state index contributed by atoms with van der Waals surface area (Å²) in [5.74, 6) is 0.246. The van der Waals surface area contributed by atoms with Crippen molar-refractivity contribution in [3.63, 3.8) is 0 Å². The normalized spacial score (nSPS) is 36.2. The second kappa shape index (κ2) is 3.81. The molecule has 2 aliphatic carbocycles. The average Bonchev–Trinajstić information content (AvgIpc) is 3.03. The molecule has 4 rings (SSSR count). The van der Waals surface area contributed by atoms with Gasteiger partial charge in [0.15, 0.2) is 5.60 Å². The maximum atomic E-state index is 11.8. The Kier molecular flexibility index (Phi) is 2.38. The summed E-state index contributed by atoms with van der Waals surface area (Å²) in [7, 11) is 0. The van der Waals surface area contributed by atoms with Gasteiger partial charge in [-0.1, -0.05) is 12.8 Å². The predicted octanol–water partition coefficient (Wildman–Crippen LogP) is 1.64. The Bertz CT molecular complexity index is 548. The molecule has 1 aromatic heterocycles. The fraction of sp³-hybridized carbons (Fsp3) is 0.643. The summed E-state index contributed by atoms with van der Waals surface area (Å²) in [5, 5.41) is 20.7. The number of hydrogen-bond donors (Lipinski definition) is 2. The first-order valence-corrected chi connectivity index (χ1v) is 7.64. The Labute approximate surface area is 115 Å². The van der Waals surface area contributed by atoms with Crippen molar-refractivity contribution in [2.45, 2.75) is 49.9 Å². The van der Waals surface area contributed by atoms with Crippen molar-refractivity contribution < 1.29 is 19.7 Å². The number of ether oxygens (including phenoxy) is 1. The van der Waals surface area contributed by atoms with E-state index in [1.807, 2.05) is 6.07 Å². The van der Waals surface area contributed by atoms with Gasteiger partial charge in [0.25, 0.3) is 0 Å². The molecule has 0 radical (unpaired) electrons. The van der Waals surface area contributed by atoms with Gasteiger partial charge in [-0.25, -0.2) is 4.79 Å². The molecule has 2 N–H and O–H groups in total. The highest BCUT2D eigenvalue weighted by Crippen LogP contribution is 2.51. The zero-order chi connectivity index (χ0) is 13.2. The highest BCUT2D eigenvalue weighted by Gasteiger charge is 2.57. The quantitative estimate of drug-likeness (QED) is 0.826. The lowest BCUT2D eigenvalue weighted by atomic mass is 9.83. The van der Waals surface area contributed by atoms with E-state index in [1.54, 1.807) is 0 Å². The smallest absolute Gasteiger partial charge is 0.343 e. The number of carbonyl (C=O) groups is 1. The van der Waals surface area contributed by atoms with Gasteiger partial charge in [-0.3, -0.25) is 0 Å². The van der Waals surface area contributed by atoms with Crippen LogP contribution < -0.4 is 0 Å². The van der Waals surface area contributed by atoms with Gasteiger partial charge < -0.3 is 14.9 Å². The minimum Gasteiger partial charge on any atom is -0.457 e.